The van der Waals surface area contributed by atoms with Gasteiger partial charge in [-0.25, -0.2) is 0 Å². The molecule has 0 unspecified atom stereocenters. The molecule has 0 bridgehead atoms. The Morgan fingerprint density at radius 1 is 0.302 bits per heavy atom. The molecule has 0 amide bonds. The van der Waals surface area contributed by atoms with Crippen molar-refractivity contribution in [2.45, 2.75) is 0 Å². The molecule has 1 heterocycles. The van der Waals surface area contributed by atoms with Crippen molar-refractivity contribution in [2.24, 2.45) is 0 Å². The van der Waals surface area contributed by atoms with E-state index in [1.165, 1.54) is 5.39 Å². The fourth-order valence-electron chi connectivity index (χ4n) is 7.62. The third-order valence-electron chi connectivity index (χ3n) is 10.1. The van der Waals surface area contributed by atoms with Crippen LogP contribution in [0.3, 0.4) is 0 Å². The number of hydrogen-bond acceptors (Lipinski definition) is 1. The Labute approximate surface area is 325 Å². The molecule has 11 rings (SSSR count). The molecular weight excluding hydrogens is 641 g/mol. The summed E-state index contributed by atoms with van der Waals surface area (Å²) in [7, 11) is 0. The molecule has 0 aliphatic rings. The first-order chi connectivity index (χ1) is 31.6. The van der Waals surface area contributed by atoms with Crippen molar-refractivity contribution in [3.63, 3.8) is 0 Å². The van der Waals surface area contributed by atoms with Gasteiger partial charge < -0.3 is 4.42 Å². The van der Waals surface area contributed by atoms with Gasteiger partial charge in [-0.2, -0.15) is 0 Å². The number of benzene rings is 10. The second-order valence-electron chi connectivity index (χ2n) is 13.1. The van der Waals surface area contributed by atoms with Crippen molar-refractivity contribution in [1.29, 1.82) is 0 Å². The maximum Gasteiger partial charge on any atom is 0.136 e. The van der Waals surface area contributed by atoms with Crippen LogP contribution >= 0.6 is 0 Å². The second-order valence-corrected chi connectivity index (χ2v) is 13.1. The van der Waals surface area contributed by atoms with Crippen molar-refractivity contribution in [3.8, 4) is 44.5 Å². The molecule has 1 heteroatoms. The summed E-state index contributed by atoms with van der Waals surface area (Å²) in [6, 6.07) is 30.0. The monoisotopic (exact) mass is 685 g/mol. The van der Waals surface area contributed by atoms with E-state index in [9.17, 15) is 5.48 Å². The summed E-state index contributed by atoms with van der Waals surface area (Å²) in [5, 5.41) is 5.12. The van der Waals surface area contributed by atoms with Crippen LogP contribution in [0.2, 0.25) is 0 Å². The second kappa shape index (κ2) is 11.8. The summed E-state index contributed by atoms with van der Waals surface area (Å²) in [6.45, 7) is 0. The predicted molar refractivity (Wildman–Crippen MR) is 225 cm³/mol. The first kappa shape index (κ1) is 19.6. The highest BCUT2D eigenvalue weighted by atomic mass is 16.3. The van der Waals surface area contributed by atoms with Crippen LogP contribution in [0.15, 0.2) is 198 Å². The van der Waals surface area contributed by atoms with Gasteiger partial charge >= 0.3 is 0 Å². The molecule has 0 N–H and O–H groups in total. The molecule has 0 saturated heterocycles. The third kappa shape index (κ3) is 4.86. The SMILES string of the molecule is [2H]c1c([2H])c([2H])c(-c2c3c([2H])c([2H])c([2H])c([2H])c3c(-c3ccc4cc(-c5ccc6c(c5)oc5cc(-c7ccc8ccccc8c7)ccc56)ccc4c3)c3c([2H])c([2H])c([2H])c([2H])c23)c([2H])c1[2H]. The van der Waals surface area contributed by atoms with Gasteiger partial charge in [0.2, 0.25) is 0 Å². The van der Waals surface area contributed by atoms with E-state index in [4.69, 9.17) is 16.8 Å². The van der Waals surface area contributed by atoms with Gasteiger partial charge in [-0.15, -0.1) is 0 Å². The maximum atomic E-state index is 9.26. The third-order valence-corrected chi connectivity index (χ3v) is 10.1. The van der Waals surface area contributed by atoms with Gasteiger partial charge in [0.1, 0.15) is 11.2 Å². The van der Waals surface area contributed by atoms with E-state index in [0.717, 1.165) is 60.4 Å². The van der Waals surface area contributed by atoms with E-state index >= 15 is 0 Å². The van der Waals surface area contributed by atoms with E-state index < -0.39 is 84.1 Å². The van der Waals surface area contributed by atoms with Crippen LogP contribution in [0.25, 0.3) is 110 Å². The average molecular weight is 686 g/mol. The lowest BCUT2D eigenvalue weighted by atomic mass is 9.85. The summed E-state index contributed by atoms with van der Waals surface area (Å²) < 4.78 is 121. The van der Waals surface area contributed by atoms with Crippen molar-refractivity contribution in [3.05, 3.63) is 194 Å². The molecule has 0 saturated carbocycles. The van der Waals surface area contributed by atoms with Crippen LogP contribution in [0, 0.1) is 0 Å². The largest absolute Gasteiger partial charge is 0.456 e. The molecule has 10 aromatic carbocycles. The number of rotatable bonds is 4. The lowest BCUT2D eigenvalue weighted by Gasteiger charge is -2.18. The van der Waals surface area contributed by atoms with E-state index in [1.54, 1.807) is 12.1 Å². The van der Waals surface area contributed by atoms with Gasteiger partial charge in [-0.05, 0) is 130 Å². The predicted octanol–water partition coefficient (Wildman–Crippen LogP) is 14.9. The molecule has 0 spiro atoms. The van der Waals surface area contributed by atoms with E-state index in [0.29, 0.717) is 5.56 Å². The lowest BCUT2D eigenvalue weighted by Crippen LogP contribution is -1.90. The van der Waals surface area contributed by atoms with E-state index in [1.807, 2.05) is 54.6 Å². The number of fused-ring (bicyclic) bond motifs is 7. The highest BCUT2D eigenvalue weighted by Crippen LogP contribution is 2.44. The van der Waals surface area contributed by atoms with Gasteiger partial charge in [0.15, 0.2) is 0 Å². The molecule has 1 nitrogen and oxygen atoms in total. The van der Waals surface area contributed by atoms with Gasteiger partial charge in [0, 0.05) is 10.8 Å². The molecule has 0 atom stereocenters. The Kier molecular flexibility index (Phi) is 4.36. The Balaban J connectivity index is 1.09. The Hall–Kier alpha value is -6.96. The summed E-state index contributed by atoms with van der Waals surface area (Å²) in [5.41, 5.74) is 5.16. The van der Waals surface area contributed by atoms with Crippen LogP contribution in [0.4, 0.5) is 0 Å². The van der Waals surface area contributed by atoms with Crippen LogP contribution in [-0.2, 0) is 0 Å². The summed E-state index contributed by atoms with van der Waals surface area (Å²) in [4.78, 5) is 0. The van der Waals surface area contributed by atoms with Gasteiger partial charge in [0.05, 0.1) is 17.8 Å². The quantitative estimate of drug-likeness (QED) is 0.168. The minimum absolute atomic E-state index is 0.0835. The standard InChI is InChI=1S/C52H32O/c1-2-11-34(12-3-1)51-45-14-6-8-16-47(45)52(48-17-9-7-15-46(48)51)42-23-22-36-29-38(20-21-39(36)30-42)41-25-27-44-43-26-24-40(31-49(43)53-50(44)32-41)37-19-18-33-10-4-5-13-35(33)28-37/h1-32H/i1D,2D,3D,6D,7D,8D,9D,11D,12D,14D,15D,16D,17D. The zero-order valence-corrected chi connectivity index (χ0v) is 27.9. The fourth-order valence-corrected chi connectivity index (χ4v) is 7.62. The summed E-state index contributed by atoms with van der Waals surface area (Å²) in [5.74, 6) is 0. The molecule has 0 aliphatic heterocycles. The molecule has 53 heavy (non-hydrogen) atoms. The van der Waals surface area contributed by atoms with E-state index in [2.05, 4.69) is 48.5 Å². The molecule has 11 aromatic rings. The molecule has 0 fully saturated rings. The normalized spacial score (nSPS) is 15.2. The van der Waals surface area contributed by atoms with Gasteiger partial charge in [-0.3, -0.25) is 0 Å². The Bertz CT molecular complexity index is 3880. The minimum Gasteiger partial charge on any atom is -0.456 e. The highest BCUT2D eigenvalue weighted by Gasteiger charge is 2.17. The van der Waals surface area contributed by atoms with E-state index in [-0.39, 0.29) is 32.7 Å². The molecule has 0 radical (unpaired) electrons. The van der Waals surface area contributed by atoms with Crippen molar-refractivity contribution >= 4 is 65.0 Å². The van der Waals surface area contributed by atoms with Gasteiger partial charge in [0.25, 0.3) is 0 Å². The zero-order valence-electron chi connectivity index (χ0n) is 40.9. The van der Waals surface area contributed by atoms with Crippen molar-refractivity contribution < 1.29 is 22.2 Å². The number of furan rings is 1. The molecule has 246 valence electrons. The topological polar surface area (TPSA) is 13.1 Å². The molecule has 1 aromatic heterocycles. The Morgan fingerprint density at radius 2 is 0.698 bits per heavy atom. The van der Waals surface area contributed by atoms with Crippen LogP contribution < -0.4 is 0 Å². The minimum atomic E-state index is -0.712. The van der Waals surface area contributed by atoms with Crippen LogP contribution in [0.1, 0.15) is 17.8 Å². The number of hydrogen-bond donors (Lipinski definition) is 0. The lowest BCUT2D eigenvalue weighted by molar-refractivity contribution is 0.669. The van der Waals surface area contributed by atoms with Crippen molar-refractivity contribution in [2.75, 3.05) is 0 Å². The maximum absolute atomic E-state index is 9.26. The smallest absolute Gasteiger partial charge is 0.136 e. The first-order valence-electron chi connectivity index (χ1n) is 23.7. The van der Waals surface area contributed by atoms with Crippen LogP contribution in [-0.4, -0.2) is 0 Å². The Morgan fingerprint density at radius 3 is 1.26 bits per heavy atom. The van der Waals surface area contributed by atoms with Gasteiger partial charge in [-0.1, -0.05) is 151 Å². The average Bonchev–Trinajstić information content (AvgIpc) is 3.71. The summed E-state index contributed by atoms with van der Waals surface area (Å²) in [6.07, 6.45) is 0. The van der Waals surface area contributed by atoms with Crippen LogP contribution in [0.5, 0.6) is 0 Å². The summed E-state index contributed by atoms with van der Waals surface area (Å²) >= 11 is 0. The molecular formula is C52H32O. The first-order valence-corrected chi connectivity index (χ1v) is 17.2. The fraction of sp³-hybridized carbons (Fsp3) is 0. The zero-order chi connectivity index (χ0) is 46.2. The highest BCUT2D eigenvalue weighted by molar-refractivity contribution is 6.21. The molecule has 0 aliphatic carbocycles. The van der Waals surface area contributed by atoms with Crippen molar-refractivity contribution in [1.82, 2.24) is 0 Å².